The molecule has 4 aromatic carbocycles. The molecule has 0 radical (unpaired) electrons. The van der Waals surface area contributed by atoms with Crippen molar-refractivity contribution in [2.45, 2.75) is 53.9 Å². The summed E-state index contributed by atoms with van der Waals surface area (Å²) in [7, 11) is 0. The molecule has 0 spiro atoms. The summed E-state index contributed by atoms with van der Waals surface area (Å²) in [5.74, 6) is 0.981. The van der Waals surface area contributed by atoms with Crippen molar-refractivity contribution in [2.75, 3.05) is 0 Å². The third kappa shape index (κ3) is 3.70. The van der Waals surface area contributed by atoms with Gasteiger partial charge in [-0.3, -0.25) is 4.57 Å². The molecule has 0 bridgehead atoms. The Hall–Kier alpha value is -4.02. The zero-order valence-electron chi connectivity index (χ0n) is 24.2. The first-order chi connectivity index (χ1) is 19.1. The summed E-state index contributed by atoms with van der Waals surface area (Å²) < 4.78 is 3.67. The molecule has 0 aliphatic heterocycles. The Labute approximate surface area is 239 Å². The van der Waals surface area contributed by atoms with Crippen LogP contribution in [0.15, 0.2) is 72.8 Å². The summed E-state index contributed by atoms with van der Waals surface area (Å²) >= 11 is 1.79. The van der Waals surface area contributed by atoms with Crippen molar-refractivity contribution in [3.8, 4) is 17.1 Å². The summed E-state index contributed by atoms with van der Waals surface area (Å²) in [6.45, 7) is 15.5. The fraction of sp³-hybridized carbons (Fsp3) is 0.222. The summed E-state index contributed by atoms with van der Waals surface area (Å²) in [5.41, 5.74) is 10.7. The highest BCUT2D eigenvalue weighted by Crippen LogP contribution is 2.44. The molecule has 198 valence electrons. The molecular weight excluding hydrogens is 506 g/mol. The van der Waals surface area contributed by atoms with Crippen molar-refractivity contribution in [1.82, 2.24) is 14.5 Å². The van der Waals surface area contributed by atoms with Crippen LogP contribution in [0.5, 0.6) is 0 Å². The van der Waals surface area contributed by atoms with Gasteiger partial charge in [-0.25, -0.2) is 9.97 Å². The quantitative estimate of drug-likeness (QED) is 0.219. The molecule has 0 amide bonds. The van der Waals surface area contributed by atoms with E-state index in [1.807, 2.05) is 0 Å². The molecular formula is C36H33N3S. The Kier molecular flexibility index (Phi) is 5.46. The van der Waals surface area contributed by atoms with E-state index < -0.39 is 0 Å². The first kappa shape index (κ1) is 25.0. The van der Waals surface area contributed by atoms with Gasteiger partial charge in [0.15, 0.2) is 0 Å². The largest absolute Gasteiger partial charge is 0.291 e. The van der Waals surface area contributed by atoms with Crippen LogP contribution in [0.3, 0.4) is 0 Å². The number of aryl methyl sites for hydroxylation is 4. The van der Waals surface area contributed by atoms with Crippen LogP contribution < -0.4 is 0 Å². The summed E-state index contributed by atoms with van der Waals surface area (Å²) in [6, 6.07) is 26.5. The zero-order valence-corrected chi connectivity index (χ0v) is 25.0. The van der Waals surface area contributed by atoms with Gasteiger partial charge >= 0.3 is 0 Å². The fourth-order valence-corrected chi connectivity index (χ4v) is 7.54. The fourth-order valence-electron chi connectivity index (χ4n) is 6.28. The Balaban J connectivity index is 1.64. The number of hydrogen-bond donors (Lipinski definition) is 0. The van der Waals surface area contributed by atoms with Gasteiger partial charge in [-0.2, -0.15) is 0 Å². The highest BCUT2D eigenvalue weighted by atomic mass is 32.1. The molecule has 3 nitrogen and oxygen atoms in total. The van der Waals surface area contributed by atoms with Gasteiger partial charge in [-0.15, -0.1) is 11.3 Å². The number of imidazole rings is 1. The van der Waals surface area contributed by atoms with E-state index in [1.54, 1.807) is 11.3 Å². The van der Waals surface area contributed by atoms with Crippen molar-refractivity contribution < 1.29 is 0 Å². The molecule has 0 aliphatic rings. The molecule has 40 heavy (non-hydrogen) atoms. The first-order valence-corrected chi connectivity index (χ1v) is 14.8. The van der Waals surface area contributed by atoms with Crippen molar-refractivity contribution >= 4 is 53.4 Å². The lowest BCUT2D eigenvalue weighted by Gasteiger charge is -2.17. The maximum absolute atomic E-state index is 5.37. The second-order valence-electron chi connectivity index (χ2n) is 12.2. The van der Waals surface area contributed by atoms with Crippen LogP contribution in [-0.2, 0) is 5.41 Å². The topological polar surface area (TPSA) is 30.7 Å². The lowest BCUT2D eigenvalue weighted by atomic mass is 9.91. The second kappa shape index (κ2) is 8.74. The Bertz CT molecular complexity index is 2110. The number of rotatable bonds is 2. The van der Waals surface area contributed by atoms with E-state index in [1.165, 1.54) is 54.2 Å². The predicted molar refractivity (Wildman–Crippen MR) is 172 cm³/mol. The maximum atomic E-state index is 5.37. The summed E-state index contributed by atoms with van der Waals surface area (Å²) in [4.78, 5) is 11.6. The lowest BCUT2D eigenvalue weighted by molar-refractivity contribution is 0.572. The van der Waals surface area contributed by atoms with E-state index in [0.717, 1.165) is 32.9 Å². The smallest absolute Gasteiger partial charge is 0.147 e. The van der Waals surface area contributed by atoms with E-state index in [2.05, 4.69) is 126 Å². The van der Waals surface area contributed by atoms with Gasteiger partial charge in [0.2, 0.25) is 0 Å². The molecule has 3 aromatic heterocycles. The number of thiophene rings is 1. The minimum Gasteiger partial charge on any atom is -0.291 e. The predicted octanol–water partition coefficient (Wildman–Crippen LogP) is 10.1. The average Bonchev–Trinajstić information content (AvgIpc) is 3.47. The minimum atomic E-state index is -0.00221. The number of nitrogens with zero attached hydrogens (tertiary/aromatic N) is 3. The van der Waals surface area contributed by atoms with E-state index in [0.29, 0.717) is 0 Å². The van der Waals surface area contributed by atoms with Crippen LogP contribution in [-0.4, -0.2) is 14.5 Å². The standard InChI is InChI=1S/C36H33N3S/c1-20-18-22(3)31(23(4)19-20)39-32-25-11-9-8-10-24(25)13-16-28(32)37-34(39)27-14-12-21(2)30-26-15-17-29(36(5,6)7)38-35(26)40-33(27)30/h8-19H,1-7H3. The van der Waals surface area contributed by atoms with Crippen molar-refractivity contribution in [2.24, 2.45) is 0 Å². The van der Waals surface area contributed by atoms with Crippen LogP contribution in [0.1, 0.15) is 48.7 Å². The second-order valence-corrected chi connectivity index (χ2v) is 13.2. The van der Waals surface area contributed by atoms with Crippen molar-refractivity contribution in [1.29, 1.82) is 0 Å². The van der Waals surface area contributed by atoms with E-state index in [9.17, 15) is 0 Å². The van der Waals surface area contributed by atoms with Crippen LogP contribution in [0.25, 0.3) is 59.2 Å². The van der Waals surface area contributed by atoms with E-state index in [-0.39, 0.29) is 5.41 Å². The number of pyridine rings is 1. The molecule has 0 atom stereocenters. The molecule has 4 heteroatoms. The summed E-state index contributed by atoms with van der Waals surface area (Å²) in [6.07, 6.45) is 0. The highest BCUT2D eigenvalue weighted by Gasteiger charge is 2.24. The molecule has 7 aromatic rings. The first-order valence-electron chi connectivity index (χ1n) is 13.9. The van der Waals surface area contributed by atoms with Crippen LogP contribution in [0, 0.1) is 27.7 Å². The number of aromatic nitrogens is 3. The van der Waals surface area contributed by atoms with E-state index in [4.69, 9.17) is 9.97 Å². The SMILES string of the molecule is Cc1cc(C)c(-n2c(-c3ccc(C)c4c3sc3nc(C(C)(C)C)ccc34)nc3ccc4ccccc4c32)c(C)c1. The molecule has 0 saturated carbocycles. The van der Waals surface area contributed by atoms with Crippen LogP contribution >= 0.6 is 11.3 Å². The van der Waals surface area contributed by atoms with E-state index >= 15 is 0 Å². The highest BCUT2D eigenvalue weighted by molar-refractivity contribution is 7.26. The monoisotopic (exact) mass is 539 g/mol. The minimum absolute atomic E-state index is 0.00221. The Morgan fingerprint density at radius 1 is 0.725 bits per heavy atom. The lowest BCUT2D eigenvalue weighted by Crippen LogP contribution is -2.12. The van der Waals surface area contributed by atoms with Crippen molar-refractivity contribution in [3.05, 3.63) is 101 Å². The Morgan fingerprint density at radius 2 is 1.48 bits per heavy atom. The van der Waals surface area contributed by atoms with Crippen LogP contribution in [0.4, 0.5) is 0 Å². The average molecular weight is 540 g/mol. The van der Waals surface area contributed by atoms with Crippen LogP contribution in [0.2, 0.25) is 0 Å². The summed E-state index contributed by atoms with van der Waals surface area (Å²) in [5, 5.41) is 4.95. The molecule has 7 rings (SSSR count). The zero-order chi connectivity index (χ0) is 27.9. The third-order valence-corrected chi connectivity index (χ3v) is 9.24. The molecule has 3 heterocycles. The van der Waals surface area contributed by atoms with Gasteiger partial charge in [0, 0.05) is 37.5 Å². The van der Waals surface area contributed by atoms with Crippen molar-refractivity contribution in [3.63, 3.8) is 0 Å². The molecule has 0 saturated heterocycles. The van der Waals surface area contributed by atoms with Gasteiger partial charge < -0.3 is 0 Å². The number of fused-ring (bicyclic) bond motifs is 6. The number of hydrogen-bond acceptors (Lipinski definition) is 3. The van der Waals surface area contributed by atoms with Gasteiger partial charge in [0.05, 0.1) is 16.7 Å². The molecule has 0 N–H and O–H groups in total. The number of benzene rings is 4. The maximum Gasteiger partial charge on any atom is 0.147 e. The van der Waals surface area contributed by atoms with Gasteiger partial charge in [-0.05, 0) is 74.0 Å². The van der Waals surface area contributed by atoms with Gasteiger partial charge in [-0.1, -0.05) is 74.9 Å². The van der Waals surface area contributed by atoms with Gasteiger partial charge in [0.1, 0.15) is 10.7 Å². The third-order valence-electron chi connectivity index (χ3n) is 8.10. The molecule has 0 fully saturated rings. The Morgan fingerprint density at radius 3 is 2.23 bits per heavy atom. The van der Waals surface area contributed by atoms with Gasteiger partial charge in [0.25, 0.3) is 0 Å². The molecule has 0 aliphatic carbocycles. The molecule has 0 unspecified atom stereocenters. The normalized spacial score (nSPS) is 12.4.